The number of imidazole rings is 1. The minimum absolute atomic E-state index is 0.125. The van der Waals surface area contributed by atoms with E-state index in [4.69, 9.17) is 0 Å². The highest BCUT2D eigenvalue weighted by molar-refractivity contribution is 7.98. The van der Waals surface area contributed by atoms with Crippen LogP contribution in [-0.2, 0) is 16.1 Å². The van der Waals surface area contributed by atoms with E-state index in [2.05, 4.69) is 15.6 Å². The molecule has 1 aromatic carbocycles. The van der Waals surface area contributed by atoms with Crippen LogP contribution in [0.3, 0.4) is 0 Å². The molecule has 1 unspecified atom stereocenters. The number of thioether (sulfide) groups is 1. The average molecular weight is 348 g/mol. The van der Waals surface area contributed by atoms with Crippen molar-refractivity contribution in [1.29, 1.82) is 0 Å². The molecule has 2 N–H and O–H groups in total. The number of anilines is 1. The summed E-state index contributed by atoms with van der Waals surface area (Å²) in [5.74, 6) is 0.964. The zero-order valence-electron chi connectivity index (χ0n) is 14.3. The van der Waals surface area contributed by atoms with Crippen LogP contribution in [-0.4, -0.2) is 39.4 Å². The van der Waals surface area contributed by atoms with Gasteiger partial charge in [-0.1, -0.05) is 19.1 Å². The van der Waals surface area contributed by atoms with Crippen LogP contribution in [0.2, 0.25) is 0 Å². The first-order valence-corrected chi connectivity index (χ1v) is 9.54. The fraction of sp³-hybridized carbons (Fsp3) is 0.471. The number of nitrogens with one attached hydrogen (secondary N) is 2. The highest BCUT2D eigenvalue weighted by atomic mass is 32.2. The molecule has 2 amide bonds. The van der Waals surface area contributed by atoms with Crippen LogP contribution < -0.4 is 10.6 Å². The van der Waals surface area contributed by atoms with Gasteiger partial charge in [0.15, 0.2) is 0 Å². The molecule has 0 saturated carbocycles. The van der Waals surface area contributed by atoms with Crippen molar-refractivity contribution < 1.29 is 9.59 Å². The molecule has 1 atom stereocenters. The van der Waals surface area contributed by atoms with E-state index in [1.54, 1.807) is 18.7 Å². The first-order chi connectivity index (χ1) is 11.6. The Balaban J connectivity index is 2.20. The predicted octanol–water partition coefficient (Wildman–Crippen LogP) is 2.64. The quantitative estimate of drug-likeness (QED) is 0.769. The van der Waals surface area contributed by atoms with Crippen LogP contribution in [0.15, 0.2) is 24.3 Å². The van der Waals surface area contributed by atoms with Crippen LogP contribution >= 0.6 is 11.8 Å². The number of benzene rings is 1. The second kappa shape index (κ2) is 8.73. The number of hydrogen-bond donors (Lipinski definition) is 2. The molecular formula is C17H24N4O2S. The van der Waals surface area contributed by atoms with Crippen LogP contribution in [0.4, 0.5) is 5.95 Å². The lowest BCUT2D eigenvalue weighted by atomic mass is 10.2. The van der Waals surface area contributed by atoms with E-state index >= 15 is 0 Å². The van der Waals surface area contributed by atoms with Crippen molar-refractivity contribution in [2.75, 3.05) is 17.3 Å². The number of aromatic nitrogens is 2. The molecule has 130 valence electrons. The first kappa shape index (κ1) is 18.3. The number of amides is 2. The summed E-state index contributed by atoms with van der Waals surface area (Å²) in [4.78, 5) is 28.8. The van der Waals surface area contributed by atoms with Gasteiger partial charge in [0.1, 0.15) is 6.04 Å². The van der Waals surface area contributed by atoms with Gasteiger partial charge >= 0.3 is 0 Å². The Hall–Kier alpha value is -2.02. The highest BCUT2D eigenvalue weighted by Crippen LogP contribution is 2.19. The lowest BCUT2D eigenvalue weighted by Gasteiger charge is -2.18. The van der Waals surface area contributed by atoms with Crippen molar-refractivity contribution in [3.8, 4) is 0 Å². The van der Waals surface area contributed by atoms with Gasteiger partial charge in [-0.3, -0.25) is 14.9 Å². The lowest BCUT2D eigenvalue weighted by molar-refractivity contribution is -0.126. The van der Waals surface area contributed by atoms with E-state index in [-0.39, 0.29) is 11.8 Å². The minimum atomic E-state index is -0.546. The number of aryl methyl sites for hydroxylation is 1. The summed E-state index contributed by atoms with van der Waals surface area (Å²) in [5.41, 5.74) is 1.82. The van der Waals surface area contributed by atoms with Gasteiger partial charge in [-0.05, 0) is 37.5 Å². The summed E-state index contributed by atoms with van der Waals surface area (Å²) in [6.07, 6.45) is 2.93. The summed E-state index contributed by atoms with van der Waals surface area (Å²) >= 11 is 1.65. The second-order valence-corrected chi connectivity index (χ2v) is 6.40. The van der Waals surface area contributed by atoms with E-state index in [9.17, 15) is 9.59 Å². The average Bonchev–Trinajstić information content (AvgIpc) is 2.94. The molecule has 0 radical (unpaired) electrons. The van der Waals surface area contributed by atoms with Gasteiger partial charge in [0, 0.05) is 13.0 Å². The van der Waals surface area contributed by atoms with Gasteiger partial charge in [-0.25, -0.2) is 4.98 Å². The largest absolute Gasteiger partial charge is 0.344 e. The molecule has 6 nitrogen and oxygen atoms in total. The number of para-hydroxylation sites is 2. The standard InChI is InChI=1S/C17H24N4O2S/c1-4-15(22)18-13(10-11-24-3)16(23)20-17-19-12-8-6-7-9-14(12)21(17)5-2/h6-9,13H,4-5,10-11H2,1-3H3,(H,18,22)(H,19,20,23). The fourth-order valence-corrected chi connectivity index (χ4v) is 2.96. The van der Waals surface area contributed by atoms with Crippen LogP contribution in [0, 0.1) is 0 Å². The molecular weight excluding hydrogens is 324 g/mol. The Labute approximate surface area is 146 Å². The number of carbonyl (C=O) groups is 2. The van der Waals surface area contributed by atoms with Crippen molar-refractivity contribution >= 4 is 40.6 Å². The number of carbonyl (C=O) groups excluding carboxylic acids is 2. The summed E-state index contributed by atoms with van der Waals surface area (Å²) in [5, 5.41) is 5.67. The number of nitrogens with zero attached hydrogens (tertiary/aromatic N) is 2. The summed E-state index contributed by atoms with van der Waals surface area (Å²) in [6, 6.07) is 7.22. The topological polar surface area (TPSA) is 76.0 Å². The Morgan fingerprint density at radius 3 is 2.71 bits per heavy atom. The molecule has 0 saturated heterocycles. The fourth-order valence-electron chi connectivity index (χ4n) is 2.49. The maximum absolute atomic E-state index is 12.6. The van der Waals surface area contributed by atoms with Gasteiger partial charge in [-0.2, -0.15) is 11.8 Å². The van der Waals surface area contributed by atoms with Crippen molar-refractivity contribution in [3.05, 3.63) is 24.3 Å². The number of fused-ring (bicyclic) bond motifs is 1. The smallest absolute Gasteiger partial charge is 0.249 e. The van der Waals surface area contributed by atoms with Crippen molar-refractivity contribution in [2.45, 2.75) is 39.3 Å². The molecule has 0 aliphatic carbocycles. The van der Waals surface area contributed by atoms with Gasteiger partial charge < -0.3 is 9.88 Å². The lowest BCUT2D eigenvalue weighted by Crippen LogP contribution is -2.44. The van der Waals surface area contributed by atoms with Crippen LogP contribution in [0.25, 0.3) is 11.0 Å². The van der Waals surface area contributed by atoms with Crippen LogP contribution in [0.5, 0.6) is 0 Å². The molecule has 0 spiro atoms. The predicted molar refractivity (Wildman–Crippen MR) is 99.3 cm³/mol. The van der Waals surface area contributed by atoms with Crippen molar-refractivity contribution in [3.63, 3.8) is 0 Å². The molecule has 1 heterocycles. The third-order valence-electron chi connectivity index (χ3n) is 3.79. The van der Waals surface area contributed by atoms with E-state index in [1.807, 2.05) is 42.0 Å². The molecule has 2 aromatic rings. The van der Waals surface area contributed by atoms with Gasteiger partial charge in [-0.15, -0.1) is 0 Å². The molecule has 0 bridgehead atoms. The molecule has 0 fully saturated rings. The zero-order chi connectivity index (χ0) is 17.5. The number of hydrogen-bond acceptors (Lipinski definition) is 4. The Morgan fingerprint density at radius 1 is 1.29 bits per heavy atom. The maximum Gasteiger partial charge on any atom is 0.249 e. The third-order valence-corrected chi connectivity index (χ3v) is 4.43. The molecule has 0 aliphatic rings. The minimum Gasteiger partial charge on any atom is -0.344 e. The van der Waals surface area contributed by atoms with Gasteiger partial charge in [0.05, 0.1) is 11.0 Å². The SMILES string of the molecule is CCC(=O)NC(CCSC)C(=O)Nc1nc2ccccc2n1CC. The highest BCUT2D eigenvalue weighted by Gasteiger charge is 2.22. The molecule has 0 aliphatic heterocycles. The Bertz CT molecular complexity index is 714. The first-order valence-electron chi connectivity index (χ1n) is 8.15. The van der Waals surface area contributed by atoms with E-state index < -0.39 is 6.04 Å². The van der Waals surface area contributed by atoms with Crippen molar-refractivity contribution in [1.82, 2.24) is 14.9 Å². The van der Waals surface area contributed by atoms with E-state index in [0.717, 1.165) is 16.8 Å². The van der Waals surface area contributed by atoms with E-state index in [0.29, 0.717) is 25.3 Å². The van der Waals surface area contributed by atoms with Crippen LogP contribution in [0.1, 0.15) is 26.7 Å². The monoisotopic (exact) mass is 348 g/mol. The molecule has 1 aromatic heterocycles. The van der Waals surface area contributed by atoms with Gasteiger partial charge in [0.25, 0.3) is 0 Å². The molecule has 24 heavy (non-hydrogen) atoms. The zero-order valence-corrected chi connectivity index (χ0v) is 15.2. The Morgan fingerprint density at radius 2 is 2.04 bits per heavy atom. The molecule has 2 rings (SSSR count). The van der Waals surface area contributed by atoms with Crippen molar-refractivity contribution in [2.24, 2.45) is 0 Å². The summed E-state index contributed by atoms with van der Waals surface area (Å²) in [6.45, 7) is 4.48. The summed E-state index contributed by atoms with van der Waals surface area (Å²) < 4.78 is 1.96. The normalized spacial score (nSPS) is 12.1. The molecule has 7 heteroatoms. The summed E-state index contributed by atoms with van der Waals surface area (Å²) in [7, 11) is 0. The maximum atomic E-state index is 12.6. The second-order valence-electron chi connectivity index (χ2n) is 5.41. The Kier molecular flexibility index (Phi) is 6.66. The van der Waals surface area contributed by atoms with Gasteiger partial charge in [0.2, 0.25) is 17.8 Å². The number of rotatable bonds is 8. The third kappa shape index (κ3) is 4.29. The van der Waals surface area contributed by atoms with E-state index in [1.165, 1.54) is 0 Å².